The third kappa shape index (κ3) is 5.23. The lowest BCUT2D eigenvalue weighted by molar-refractivity contribution is -0.139. The second-order valence-corrected chi connectivity index (χ2v) is 4.80. The number of hydrogen-bond acceptors (Lipinski definition) is 2. The molecule has 1 aromatic carbocycles. The zero-order valence-corrected chi connectivity index (χ0v) is 12.3. The van der Waals surface area contributed by atoms with Crippen molar-refractivity contribution in [2.24, 2.45) is 0 Å². The molecular formula is C15H17F3N2O2. The van der Waals surface area contributed by atoms with E-state index in [0.717, 1.165) is 0 Å². The summed E-state index contributed by atoms with van der Waals surface area (Å²) in [6.45, 7) is 4.81. The van der Waals surface area contributed by atoms with Gasteiger partial charge in [-0.15, -0.1) is 6.58 Å². The van der Waals surface area contributed by atoms with Gasteiger partial charge < -0.3 is 10.2 Å². The summed E-state index contributed by atoms with van der Waals surface area (Å²) in [6.07, 6.45) is -3.27. The summed E-state index contributed by atoms with van der Waals surface area (Å²) in [7, 11) is 0. The Balaban J connectivity index is 3.08. The minimum atomic E-state index is -4.50. The number of nitrogens with one attached hydrogen (secondary N) is 1. The average molecular weight is 314 g/mol. The lowest BCUT2D eigenvalue weighted by Gasteiger charge is -2.23. The van der Waals surface area contributed by atoms with Crippen LogP contribution >= 0.6 is 0 Å². The smallest absolute Gasteiger partial charge is 0.326 e. The van der Waals surface area contributed by atoms with Crippen LogP contribution in [0, 0.1) is 6.92 Å². The van der Waals surface area contributed by atoms with Crippen molar-refractivity contribution >= 4 is 17.5 Å². The van der Waals surface area contributed by atoms with Crippen molar-refractivity contribution in [1.29, 1.82) is 0 Å². The van der Waals surface area contributed by atoms with Gasteiger partial charge in [-0.2, -0.15) is 13.2 Å². The van der Waals surface area contributed by atoms with Crippen molar-refractivity contribution < 1.29 is 22.8 Å². The topological polar surface area (TPSA) is 49.4 Å². The quantitative estimate of drug-likeness (QED) is 0.849. The third-order valence-corrected chi connectivity index (χ3v) is 2.80. The first-order valence-electron chi connectivity index (χ1n) is 6.49. The van der Waals surface area contributed by atoms with E-state index in [1.807, 2.05) is 0 Å². The van der Waals surface area contributed by atoms with Crippen molar-refractivity contribution in [3.63, 3.8) is 0 Å². The first-order chi connectivity index (χ1) is 10.1. The van der Waals surface area contributed by atoms with Crippen LogP contribution in [-0.2, 0) is 4.79 Å². The number of anilines is 1. The van der Waals surface area contributed by atoms with Gasteiger partial charge in [-0.25, -0.2) is 0 Å². The molecule has 0 radical (unpaired) electrons. The summed E-state index contributed by atoms with van der Waals surface area (Å²) in [5, 5.41) is 2.54. The number of alkyl halides is 3. The van der Waals surface area contributed by atoms with Gasteiger partial charge in [0.05, 0.1) is 0 Å². The highest BCUT2D eigenvalue weighted by molar-refractivity contribution is 5.97. The SMILES string of the molecule is C=CCN(CC(F)(F)F)C(=O)c1ccc(C)c(NC(C)=O)c1. The lowest BCUT2D eigenvalue weighted by Crippen LogP contribution is -2.39. The number of carbonyl (C=O) groups excluding carboxylic acids is 2. The number of aryl methyl sites for hydroxylation is 1. The highest BCUT2D eigenvalue weighted by Crippen LogP contribution is 2.21. The number of hydrogen-bond donors (Lipinski definition) is 1. The predicted octanol–water partition coefficient (Wildman–Crippen LogP) is 3.14. The van der Waals surface area contributed by atoms with E-state index in [4.69, 9.17) is 0 Å². The Morgan fingerprint density at radius 1 is 1.36 bits per heavy atom. The molecule has 0 fully saturated rings. The number of amides is 2. The van der Waals surface area contributed by atoms with Gasteiger partial charge in [-0.1, -0.05) is 12.1 Å². The second-order valence-electron chi connectivity index (χ2n) is 4.80. The monoisotopic (exact) mass is 314 g/mol. The molecule has 2 amide bonds. The van der Waals surface area contributed by atoms with Gasteiger partial charge in [0.15, 0.2) is 0 Å². The molecule has 1 rings (SSSR count). The van der Waals surface area contributed by atoms with Crippen LogP contribution < -0.4 is 5.32 Å². The Morgan fingerprint density at radius 2 is 2.00 bits per heavy atom. The first-order valence-corrected chi connectivity index (χ1v) is 6.49. The van der Waals surface area contributed by atoms with Gasteiger partial charge >= 0.3 is 6.18 Å². The van der Waals surface area contributed by atoms with Crippen molar-refractivity contribution in [3.8, 4) is 0 Å². The Bertz CT molecular complexity index is 583. The maximum atomic E-state index is 12.5. The average Bonchev–Trinajstić information content (AvgIpc) is 2.38. The van der Waals surface area contributed by atoms with E-state index in [-0.39, 0.29) is 18.0 Å². The number of rotatable bonds is 5. The van der Waals surface area contributed by atoms with Crippen LogP contribution in [0.1, 0.15) is 22.8 Å². The number of carbonyl (C=O) groups is 2. The van der Waals surface area contributed by atoms with E-state index in [1.165, 1.54) is 25.1 Å². The van der Waals surface area contributed by atoms with Gasteiger partial charge in [-0.3, -0.25) is 9.59 Å². The summed E-state index contributed by atoms with van der Waals surface area (Å²) in [6, 6.07) is 4.36. The van der Waals surface area contributed by atoms with Gasteiger partial charge in [0.1, 0.15) is 6.54 Å². The Labute approximate surface area is 126 Å². The van der Waals surface area contributed by atoms with E-state index < -0.39 is 18.6 Å². The summed E-state index contributed by atoms with van der Waals surface area (Å²) >= 11 is 0. The van der Waals surface area contributed by atoms with E-state index in [1.54, 1.807) is 13.0 Å². The highest BCUT2D eigenvalue weighted by Gasteiger charge is 2.33. The minimum absolute atomic E-state index is 0.0699. The molecule has 0 aromatic heterocycles. The third-order valence-electron chi connectivity index (χ3n) is 2.80. The summed E-state index contributed by atoms with van der Waals surface area (Å²) < 4.78 is 37.6. The van der Waals surface area contributed by atoms with Crippen molar-refractivity contribution in [2.75, 3.05) is 18.4 Å². The predicted molar refractivity (Wildman–Crippen MR) is 77.6 cm³/mol. The first kappa shape index (κ1) is 17.7. The number of halogens is 3. The van der Waals surface area contributed by atoms with Crippen LogP contribution in [0.5, 0.6) is 0 Å². The Morgan fingerprint density at radius 3 is 2.50 bits per heavy atom. The van der Waals surface area contributed by atoms with Crippen molar-refractivity contribution in [1.82, 2.24) is 4.90 Å². The fourth-order valence-corrected chi connectivity index (χ4v) is 1.85. The van der Waals surface area contributed by atoms with E-state index in [0.29, 0.717) is 16.2 Å². The van der Waals surface area contributed by atoms with Crippen LogP contribution in [-0.4, -0.2) is 36.0 Å². The van der Waals surface area contributed by atoms with Gasteiger partial charge in [0.2, 0.25) is 5.91 Å². The molecule has 0 atom stereocenters. The lowest BCUT2D eigenvalue weighted by atomic mass is 10.1. The molecular weight excluding hydrogens is 297 g/mol. The standard InChI is InChI=1S/C15H17F3N2O2/c1-4-7-20(9-15(16,17)18)14(22)12-6-5-10(2)13(8-12)19-11(3)21/h4-6,8H,1,7,9H2,2-3H3,(H,19,21). The summed E-state index contributed by atoms with van der Waals surface area (Å²) in [5.41, 5.74) is 1.17. The molecule has 120 valence electrons. The van der Waals surface area contributed by atoms with Gasteiger partial charge in [0, 0.05) is 24.7 Å². The molecule has 1 aromatic rings. The molecule has 1 N–H and O–H groups in total. The Hall–Kier alpha value is -2.31. The summed E-state index contributed by atoms with van der Waals surface area (Å²) in [4.78, 5) is 24.0. The molecule has 0 aliphatic heterocycles. The molecule has 22 heavy (non-hydrogen) atoms. The number of nitrogens with zero attached hydrogens (tertiary/aromatic N) is 1. The minimum Gasteiger partial charge on any atom is -0.326 e. The van der Waals surface area contributed by atoms with Crippen LogP contribution in [0.2, 0.25) is 0 Å². The van der Waals surface area contributed by atoms with Gasteiger partial charge in [0.25, 0.3) is 5.91 Å². The van der Waals surface area contributed by atoms with Crippen LogP contribution in [0.3, 0.4) is 0 Å². The molecule has 0 saturated carbocycles. The van der Waals surface area contributed by atoms with Crippen LogP contribution in [0.4, 0.5) is 18.9 Å². The van der Waals surface area contributed by atoms with Crippen molar-refractivity contribution in [2.45, 2.75) is 20.0 Å². The molecule has 0 aliphatic rings. The normalized spacial score (nSPS) is 11.0. The zero-order chi connectivity index (χ0) is 16.9. The maximum Gasteiger partial charge on any atom is 0.406 e. The van der Waals surface area contributed by atoms with Gasteiger partial charge in [-0.05, 0) is 24.6 Å². The van der Waals surface area contributed by atoms with E-state index >= 15 is 0 Å². The fraction of sp³-hybridized carbons (Fsp3) is 0.333. The molecule has 4 nitrogen and oxygen atoms in total. The number of benzene rings is 1. The Kier molecular flexibility index (Phi) is 5.73. The zero-order valence-electron chi connectivity index (χ0n) is 12.3. The molecule has 0 heterocycles. The van der Waals surface area contributed by atoms with Crippen LogP contribution in [0.15, 0.2) is 30.9 Å². The maximum absolute atomic E-state index is 12.5. The molecule has 0 aliphatic carbocycles. The van der Waals surface area contributed by atoms with E-state index in [9.17, 15) is 22.8 Å². The van der Waals surface area contributed by atoms with Crippen LogP contribution in [0.25, 0.3) is 0 Å². The molecule has 7 heteroatoms. The summed E-state index contributed by atoms with van der Waals surface area (Å²) in [5.74, 6) is -1.10. The second kappa shape index (κ2) is 7.11. The largest absolute Gasteiger partial charge is 0.406 e. The molecule has 0 saturated heterocycles. The highest BCUT2D eigenvalue weighted by atomic mass is 19.4. The van der Waals surface area contributed by atoms with E-state index in [2.05, 4.69) is 11.9 Å². The fourth-order valence-electron chi connectivity index (χ4n) is 1.85. The molecule has 0 unspecified atom stereocenters. The molecule has 0 bridgehead atoms. The van der Waals surface area contributed by atoms with Crippen molar-refractivity contribution in [3.05, 3.63) is 42.0 Å². The molecule has 0 spiro atoms.